The van der Waals surface area contributed by atoms with Crippen molar-refractivity contribution in [1.29, 1.82) is 0 Å². The van der Waals surface area contributed by atoms with E-state index in [4.69, 9.17) is 0 Å². The molecule has 2 aromatic carbocycles. The van der Waals surface area contributed by atoms with Crippen LogP contribution in [0.15, 0.2) is 53.0 Å². The number of benzene rings is 2. The lowest BCUT2D eigenvalue weighted by Gasteiger charge is -2.29. The predicted molar refractivity (Wildman–Crippen MR) is 89.7 cm³/mol. The van der Waals surface area contributed by atoms with Gasteiger partial charge < -0.3 is 10.2 Å². The monoisotopic (exact) mass is 344 g/mol. The summed E-state index contributed by atoms with van der Waals surface area (Å²) in [5, 5.41) is 3.19. The van der Waals surface area contributed by atoms with Crippen LogP contribution >= 0.6 is 15.9 Å². The van der Waals surface area contributed by atoms with Gasteiger partial charge in [-0.1, -0.05) is 40.2 Å². The first-order valence-corrected chi connectivity index (χ1v) is 7.91. The van der Waals surface area contributed by atoms with Crippen LogP contribution in [0.3, 0.4) is 0 Å². The van der Waals surface area contributed by atoms with E-state index in [2.05, 4.69) is 27.3 Å². The Labute approximate surface area is 133 Å². The summed E-state index contributed by atoms with van der Waals surface area (Å²) in [4.78, 5) is 14.4. The molecule has 21 heavy (non-hydrogen) atoms. The van der Waals surface area contributed by atoms with Gasteiger partial charge in [-0.15, -0.1) is 0 Å². The Morgan fingerprint density at radius 1 is 1.19 bits per heavy atom. The molecule has 0 saturated carbocycles. The maximum Gasteiger partial charge on any atom is 0.246 e. The quantitative estimate of drug-likeness (QED) is 0.917. The molecule has 3 rings (SSSR count). The van der Waals surface area contributed by atoms with Gasteiger partial charge in [-0.2, -0.15) is 0 Å². The third-order valence-electron chi connectivity index (χ3n) is 3.68. The predicted octanol–water partition coefficient (Wildman–Crippen LogP) is 3.84. The number of hydrogen-bond acceptors (Lipinski definition) is 2. The molecule has 1 N–H and O–H groups in total. The Bertz CT molecular complexity index is 657. The molecule has 2 aromatic rings. The van der Waals surface area contributed by atoms with Crippen molar-refractivity contribution in [2.24, 2.45) is 0 Å². The Kier molecular flexibility index (Phi) is 4.25. The lowest BCUT2D eigenvalue weighted by Crippen LogP contribution is -2.39. The minimum atomic E-state index is 0.113. The number of aryl methyl sites for hydroxylation is 1. The van der Waals surface area contributed by atoms with Crippen LogP contribution in [0, 0.1) is 0 Å². The first-order valence-electron chi connectivity index (χ1n) is 7.12. The second-order valence-corrected chi connectivity index (χ2v) is 6.06. The first kappa shape index (κ1) is 14.1. The van der Waals surface area contributed by atoms with Crippen LogP contribution in [0.4, 0.5) is 11.4 Å². The minimum absolute atomic E-state index is 0.113. The van der Waals surface area contributed by atoms with E-state index < -0.39 is 0 Å². The Morgan fingerprint density at radius 3 is 2.90 bits per heavy atom. The largest absolute Gasteiger partial charge is 0.376 e. The third kappa shape index (κ3) is 3.27. The van der Waals surface area contributed by atoms with Crippen LogP contribution < -0.4 is 10.2 Å². The summed E-state index contributed by atoms with van der Waals surface area (Å²) in [7, 11) is 0. The number of para-hydroxylation sites is 1. The molecule has 0 aliphatic carbocycles. The van der Waals surface area contributed by atoms with Crippen molar-refractivity contribution in [2.45, 2.75) is 12.8 Å². The van der Waals surface area contributed by atoms with Gasteiger partial charge in [0, 0.05) is 22.4 Å². The molecule has 0 radical (unpaired) electrons. The molecule has 1 aliphatic rings. The highest BCUT2D eigenvalue weighted by atomic mass is 79.9. The Hall–Kier alpha value is -1.81. The molecule has 0 spiro atoms. The molecule has 0 bridgehead atoms. The number of amides is 1. The summed E-state index contributed by atoms with van der Waals surface area (Å²) < 4.78 is 1.00. The molecule has 0 atom stereocenters. The molecule has 3 nitrogen and oxygen atoms in total. The molecular formula is C17H17BrN2O. The van der Waals surface area contributed by atoms with E-state index in [1.54, 1.807) is 0 Å². The average molecular weight is 345 g/mol. The molecule has 0 saturated heterocycles. The molecule has 0 aromatic heterocycles. The van der Waals surface area contributed by atoms with Crippen LogP contribution in [0.2, 0.25) is 0 Å². The van der Waals surface area contributed by atoms with E-state index in [1.807, 2.05) is 47.4 Å². The maximum atomic E-state index is 12.5. The van der Waals surface area contributed by atoms with Crippen molar-refractivity contribution in [3.8, 4) is 0 Å². The van der Waals surface area contributed by atoms with Gasteiger partial charge in [0.2, 0.25) is 5.91 Å². The standard InChI is InChI=1S/C17H17BrN2O/c18-14-7-3-8-15(11-14)19-12-17(21)20-10-4-6-13-5-1-2-9-16(13)20/h1-3,5,7-9,11,19H,4,6,10,12H2. The van der Waals surface area contributed by atoms with Crippen molar-refractivity contribution in [1.82, 2.24) is 0 Å². The molecule has 1 heterocycles. The van der Waals surface area contributed by atoms with Gasteiger partial charge in [-0.25, -0.2) is 0 Å². The van der Waals surface area contributed by atoms with E-state index >= 15 is 0 Å². The zero-order valence-electron chi connectivity index (χ0n) is 11.7. The highest BCUT2D eigenvalue weighted by Crippen LogP contribution is 2.26. The summed E-state index contributed by atoms with van der Waals surface area (Å²) in [5.41, 5.74) is 3.27. The van der Waals surface area contributed by atoms with Crippen molar-refractivity contribution in [2.75, 3.05) is 23.3 Å². The van der Waals surface area contributed by atoms with Gasteiger partial charge in [0.15, 0.2) is 0 Å². The number of rotatable bonds is 3. The fourth-order valence-corrected chi connectivity index (χ4v) is 3.06. The number of fused-ring (bicyclic) bond motifs is 1. The van der Waals surface area contributed by atoms with Crippen LogP contribution in [-0.2, 0) is 11.2 Å². The topological polar surface area (TPSA) is 32.3 Å². The number of halogens is 1. The van der Waals surface area contributed by atoms with Gasteiger partial charge in [-0.05, 0) is 42.7 Å². The second-order valence-electron chi connectivity index (χ2n) is 5.14. The number of anilines is 2. The molecule has 4 heteroatoms. The second kappa shape index (κ2) is 6.31. The molecule has 0 unspecified atom stereocenters. The molecular weight excluding hydrogens is 328 g/mol. The number of hydrogen-bond donors (Lipinski definition) is 1. The smallest absolute Gasteiger partial charge is 0.246 e. The van der Waals surface area contributed by atoms with Gasteiger partial charge in [0.05, 0.1) is 6.54 Å². The molecule has 1 amide bonds. The first-order chi connectivity index (χ1) is 10.2. The van der Waals surface area contributed by atoms with Gasteiger partial charge in [0.1, 0.15) is 0 Å². The lowest BCUT2D eigenvalue weighted by molar-refractivity contribution is -0.117. The van der Waals surface area contributed by atoms with E-state index in [1.165, 1.54) is 5.56 Å². The lowest BCUT2D eigenvalue weighted by atomic mass is 10.0. The summed E-state index contributed by atoms with van der Waals surface area (Å²) in [6, 6.07) is 16.0. The Morgan fingerprint density at radius 2 is 2.05 bits per heavy atom. The van der Waals surface area contributed by atoms with Crippen LogP contribution in [0.5, 0.6) is 0 Å². The van der Waals surface area contributed by atoms with Gasteiger partial charge in [-0.3, -0.25) is 4.79 Å². The summed E-state index contributed by atoms with van der Waals surface area (Å²) >= 11 is 3.43. The van der Waals surface area contributed by atoms with E-state index in [0.717, 1.165) is 35.2 Å². The maximum absolute atomic E-state index is 12.5. The summed E-state index contributed by atoms with van der Waals surface area (Å²) in [6.07, 6.45) is 2.08. The highest BCUT2D eigenvalue weighted by Gasteiger charge is 2.21. The SMILES string of the molecule is O=C(CNc1cccc(Br)c1)N1CCCc2ccccc21. The number of carbonyl (C=O) groups is 1. The fourth-order valence-electron chi connectivity index (χ4n) is 2.66. The summed E-state index contributed by atoms with van der Waals surface area (Å²) in [5.74, 6) is 0.113. The zero-order valence-corrected chi connectivity index (χ0v) is 13.3. The zero-order chi connectivity index (χ0) is 14.7. The average Bonchev–Trinajstić information content (AvgIpc) is 2.52. The third-order valence-corrected chi connectivity index (χ3v) is 4.17. The van der Waals surface area contributed by atoms with E-state index in [0.29, 0.717) is 6.54 Å². The van der Waals surface area contributed by atoms with E-state index in [-0.39, 0.29) is 5.91 Å². The Balaban J connectivity index is 1.69. The van der Waals surface area contributed by atoms with E-state index in [9.17, 15) is 4.79 Å². The molecule has 0 fully saturated rings. The van der Waals surface area contributed by atoms with Crippen LogP contribution in [0.1, 0.15) is 12.0 Å². The minimum Gasteiger partial charge on any atom is -0.376 e. The van der Waals surface area contributed by atoms with Gasteiger partial charge >= 0.3 is 0 Å². The van der Waals surface area contributed by atoms with Crippen molar-refractivity contribution in [3.63, 3.8) is 0 Å². The number of nitrogens with one attached hydrogen (secondary N) is 1. The van der Waals surface area contributed by atoms with Crippen molar-refractivity contribution in [3.05, 3.63) is 58.6 Å². The number of nitrogens with zero attached hydrogens (tertiary/aromatic N) is 1. The van der Waals surface area contributed by atoms with Gasteiger partial charge in [0.25, 0.3) is 0 Å². The summed E-state index contributed by atoms with van der Waals surface area (Å²) in [6.45, 7) is 1.11. The molecule has 108 valence electrons. The normalized spacial score (nSPS) is 13.7. The molecule has 1 aliphatic heterocycles. The van der Waals surface area contributed by atoms with Crippen LogP contribution in [-0.4, -0.2) is 19.0 Å². The number of carbonyl (C=O) groups excluding carboxylic acids is 1. The highest BCUT2D eigenvalue weighted by molar-refractivity contribution is 9.10. The fraction of sp³-hybridized carbons (Fsp3) is 0.235. The van der Waals surface area contributed by atoms with Crippen molar-refractivity contribution >= 4 is 33.2 Å². The van der Waals surface area contributed by atoms with Crippen LogP contribution in [0.25, 0.3) is 0 Å². The van der Waals surface area contributed by atoms with Crippen molar-refractivity contribution < 1.29 is 4.79 Å².